The lowest BCUT2D eigenvalue weighted by Gasteiger charge is -2.30. The van der Waals surface area contributed by atoms with Crippen molar-refractivity contribution in [1.29, 1.82) is 0 Å². The van der Waals surface area contributed by atoms with Crippen LogP contribution < -0.4 is 10.6 Å². The molecule has 0 saturated carbocycles. The average molecular weight is 314 g/mol. The molecular formula is C17H39N5. The first-order chi connectivity index (χ1) is 10.3. The number of hydrogen-bond acceptors (Lipinski definition) is 3. The fraction of sp³-hybridized carbons (Fsp3) is 0.941. The van der Waals surface area contributed by atoms with Crippen molar-refractivity contribution in [3.8, 4) is 0 Å². The van der Waals surface area contributed by atoms with Crippen LogP contribution in [0.25, 0.3) is 0 Å². The summed E-state index contributed by atoms with van der Waals surface area (Å²) in [6, 6.07) is 1.77. The normalized spacial score (nSPS) is 14.3. The summed E-state index contributed by atoms with van der Waals surface area (Å²) in [5.41, 5.74) is 0. The molecule has 0 aromatic rings. The molecule has 0 aromatic carbocycles. The van der Waals surface area contributed by atoms with Crippen molar-refractivity contribution in [2.75, 3.05) is 40.3 Å². The second kappa shape index (κ2) is 11.7. The van der Waals surface area contributed by atoms with Crippen molar-refractivity contribution in [2.45, 2.75) is 66.1 Å². The Kier molecular flexibility index (Phi) is 11.3. The number of guanidine groups is 1. The Morgan fingerprint density at radius 2 is 1.45 bits per heavy atom. The van der Waals surface area contributed by atoms with Crippen LogP contribution in [-0.2, 0) is 0 Å². The van der Waals surface area contributed by atoms with E-state index in [0.29, 0.717) is 18.1 Å². The Hall–Kier alpha value is -0.810. The number of nitrogens with one attached hydrogen (secondary N) is 2. The van der Waals surface area contributed by atoms with Crippen LogP contribution in [0.2, 0.25) is 0 Å². The van der Waals surface area contributed by atoms with Gasteiger partial charge in [-0.05, 0) is 48.1 Å². The van der Waals surface area contributed by atoms with Gasteiger partial charge in [0.2, 0.25) is 0 Å². The molecule has 0 heterocycles. The first kappa shape index (κ1) is 21.2. The Morgan fingerprint density at radius 1 is 0.955 bits per heavy atom. The molecule has 5 heteroatoms. The van der Waals surface area contributed by atoms with Gasteiger partial charge in [0, 0.05) is 51.4 Å². The van der Waals surface area contributed by atoms with Gasteiger partial charge in [0.1, 0.15) is 0 Å². The van der Waals surface area contributed by atoms with Crippen LogP contribution in [0, 0.1) is 0 Å². The molecular weight excluding hydrogens is 274 g/mol. The van der Waals surface area contributed by atoms with E-state index in [1.807, 2.05) is 7.05 Å². The Labute approximate surface area is 138 Å². The molecule has 1 atom stereocenters. The van der Waals surface area contributed by atoms with Crippen LogP contribution in [0.5, 0.6) is 0 Å². The van der Waals surface area contributed by atoms with Crippen molar-refractivity contribution in [2.24, 2.45) is 4.99 Å². The second-order valence-electron chi connectivity index (χ2n) is 6.59. The van der Waals surface area contributed by atoms with Crippen LogP contribution in [0.15, 0.2) is 4.99 Å². The molecule has 0 amide bonds. The minimum absolute atomic E-state index is 0.570. The average Bonchev–Trinajstić information content (AvgIpc) is 2.47. The summed E-state index contributed by atoms with van der Waals surface area (Å²) in [5, 5.41) is 6.80. The molecule has 1 unspecified atom stereocenters. The molecule has 0 aliphatic rings. The number of rotatable bonds is 10. The van der Waals surface area contributed by atoms with Gasteiger partial charge in [0.15, 0.2) is 5.96 Å². The zero-order valence-electron chi connectivity index (χ0n) is 16.1. The summed E-state index contributed by atoms with van der Waals surface area (Å²) in [7, 11) is 4.01. The second-order valence-corrected chi connectivity index (χ2v) is 6.59. The molecule has 0 rings (SSSR count). The summed E-state index contributed by atoms with van der Waals surface area (Å²) in [4.78, 5) is 9.15. The molecule has 0 aromatic heterocycles. The lowest BCUT2D eigenvalue weighted by atomic mass is 10.2. The van der Waals surface area contributed by atoms with E-state index in [1.54, 1.807) is 0 Å². The monoisotopic (exact) mass is 313 g/mol. The highest BCUT2D eigenvalue weighted by atomic mass is 15.2. The summed E-state index contributed by atoms with van der Waals surface area (Å²) >= 11 is 0. The maximum absolute atomic E-state index is 4.29. The Bertz CT molecular complexity index is 293. The summed E-state index contributed by atoms with van der Waals surface area (Å²) in [6.07, 6.45) is 1.18. The lowest BCUT2D eigenvalue weighted by molar-refractivity contribution is 0.178. The van der Waals surface area contributed by atoms with Gasteiger partial charge in [-0.3, -0.25) is 9.89 Å². The largest absolute Gasteiger partial charge is 0.355 e. The smallest absolute Gasteiger partial charge is 0.191 e. The molecule has 5 nitrogen and oxygen atoms in total. The molecule has 0 bridgehead atoms. The third kappa shape index (κ3) is 8.59. The molecule has 0 fully saturated rings. The van der Waals surface area contributed by atoms with E-state index >= 15 is 0 Å². The minimum atomic E-state index is 0.570. The molecule has 0 saturated heterocycles. The van der Waals surface area contributed by atoms with E-state index in [4.69, 9.17) is 0 Å². The zero-order valence-corrected chi connectivity index (χ0v) is 16.1. The zero-order chi connectivity index (χ0) is 17.1. The summed E-state index contributed by atoms with van der Waals surface area (Å²) in [6.45, 7) is 17.4. The van der Waals surface area contributed by atoms with Crippen molar-refractivity contribution < 1.29 is 0 Å². The topological polar surface area (TPSA) is 42.9 Å². The van der Waals surface area contributed by atoms with Gasteiger partial charge >= 0.3 is 0 Å². The van der Waals surface area contributed by atoms with Crippen LogP contribution in [0.4, 0.5) is 0 Å². The minimum Gasteiger partial charge on any atom is -0.355 e. The molecule has 0 radical (unpaired) electrons. The van der Waals surface area contributed by atoms with Gasteiger partial charge < -0.3 is 15.5 Å². The highest BCUT2D eigenvalue weighted by Crippen LogP contribution is 2.03. The lowest BCUT2D eigenvalue weighted by Crippen LogP contribution is -2.46. The van der Waals surface area contributed by atoms with Gasteiger partial charge in [0.05, 0.1) is 0 Å². The molecule has 0 aliphatic carbocycles. The van der Waals surface area contributed by atoms with E-state index in [1.165, 1.54) is 6.42 Å². The van der Waals surface area contributed by atoms with Crippen molar-refractivity contribution in [3.05, 3.63) is 0 Å². The first-order valence-electron chi connectivity index (χ1n) is 8.73. The number of hydrogen-bond donors (Lipinski definition) is 2. The quantitative estimate of drug-likeness (QED) is 0.478. The number of likely N-dealkylation sites (N-methyl/N-ethyl adjacent to an activating group) is 1. The van der Waals surface area contributed by atoms with Gasteiger partial charge in [0.25, 0.3) is 0 Å². The van der Waals surface area contributed by atoms with Crippen molar-refractivity contribution in [1.82, 2.24) is 20.4 Å². The summed E-state index contributed by atoms with van der Waals surface area (Å²) in [5.74, 6) is 0.894. The van der Waals surface area contributed by atoms with Crippen LogP contribution in [0.3, 0.4) is 0 Å². The van der Waals surface area contributed by atoms with Gasteiger partial charge in [-0.15, -0.1) is 0 Å². The standard InChI is InChI=1S/C17H39N5/c1-9-16(6)21(8)12-10-19-17(18-7)20-11-13-22(14(2)3)15(4)5/h14-16H,9-13H2,1-8H3,(H2,18,19,20). The first-order valence-corrected chi connectivity index (χ1v) is 8.73. The van der Waals surface area contributed by atoms with E-state index in [-0.39, 0.29) is 0 Å². The number of aliphatic imine (C=N–C) groups is 1. The third-order valence-corrected chi connectivity index (χ3v) is 4.31. The van der Waals surface area contributed by atoms with Crippen molar-refractivity contribution >= 4 is 5.96 Å². The van der Waals surface area contributed by atoms with Gasteiger partial charge in [-0.2, -0.15) is 0 Å². The third-order valence-electron chi connectivity index (χ3n) is 4.31. The predicted molar refractivity (Wildman–Crippen MR) is 98.7 cm³/mol. The van der Waals surface area contributed by atoms with E-state index in [0.717, 1.165) is 32.1 Å². The van der Waals surface area contributed by atoms with Crippen LogP contribution in [0.1, 0.15) is 48.0 Å². The fourth-order valence-electron chi connectivity index (χ4n) is 2.52. The highest BCUT2D eigenvalue weighted by molar-refractivity contribution is 5.79. The van der Waals surface area contributed by atoms with Crippen LogP contribution in [-0.4, -0.2) is 74.2 Å². The van der Waals surface area contributed by atoms with E-state index < -0.39 is 0 Å². The Balaban J connectivity index is 4.03. The molecule has 22 heavy (non-hydrogen) atoms. The highest BCUT2D eigenvalue weighted by Gasteiger charge is 2.12. The number of nitrogens with zero attached hydrogens (tertiary/aromatic N) is 3. The maximum atomic E-state index is 4.29. The van der Waals surface area contributed by atoms with E-state index in [2.05, 4.69) is 74.0 Å². The van der Waals surface area contributed by atoms with E-state index in [9.17, 15) is 0 Å². The molecule has 2 N–H and O–H groups in total. The molecule has 0 spiro atoms. The predicted octanol–water partition coefficient (Wildman–Crippen LogP) is 2.00. The fourth-order valence-corrected chi connectivity index (χ4v) is 2.52. The maximum Gasteiger partial charge on any atom is 0.191 e. The van der Waals surface area contributed by atoms with Crippen LogP contribution >= 0.6 is 0 Å². The molecule has 0 aliphatic heterocycles. The SMILES string of the molecule is CCC(C)N(C)CCNC(=NC)NCCN(C(C)C)C(C)C. The summed E-state index contributed by atoms with van der Waals surface area (Å²) < 4.78 is 0. The Morgan fingerprint density at radius 3 is 1.86 bits per heavy atom. The van der Waals surface area contributed by atoms with Gasteiger partial charge in [-0.25, -0.2) is 0 Å². The van der Waals surface area contributed by atoms with Crippen molar-refractivity contribution in [3.63, 3.8) is 0 Å². The van der Waals surface area contributed by atoms with Gasteiger partial charge in [-0.1, -0.05) is 6.92 Å². The molecule has 132 valence electrons.